The van der Waals surface area contributed by atoms with Crippen LogP contribution in [0.4, 0.5) is 10.5 Å². The molecule has 1 amide bonds. The molecular formula is C26H33N3O2. The molecule has 1 saturated carbocycles. The van der Waals surface area contributed by atoms with Crippen LogP contribution in [0.2, 0.25) is 0 Å². The Labute approximate surface area is 185 Å². The van der Waals surface area contributed by atoms with Crippen molar-refractivity contribution in [1.29, 1.82) is 0 Å². The van der Waals surface area contributed by atoms with Gasteiger partial charge in [0.1, 0.15) is 5.60 Å². The summed E-state index contributed by atoms with van der Waals surface area (Å²) in [5.41, 5.74) is 4.67. The van der Waals surface area contributed by atoms with E-state index in [1.165, 1.54) is 36.1 Å². The van der Waals surface area contributed by atoms with Crippen molar-refractivity contribution in [3.63, 3.8) is 0 Å². The van der Waals surface area contributed by atoms with E-state index in [4.69, 9.17) is 4.74 Å². The topological polar surface area (TPSA) is 36.0 Å². The highest BCUT2D eigenvalue weighted by Crippen LogP contribution is 2.37. The molecule has 1 spiro atoms. The summed E-state index contributed by atoms with van der Waals surface area (Å²) in [6, 6.07) is 17.5. The van der Waals surface area contributed by atoms with E-state index >= 15 is 0 Å². The van der Waals surface area contributed by atoms with Crippen LogP contribution in [0.3, 0.4) is 0 Å². The Morgan fingerprint density at radius 1 is 0.839 bits per heavy atom. The molecule has 2 aliphatic heterocycles. The van der Waals surface area contributed by atoms with Gasteiger partial charge in [0.05, 0.1) is 6.54 Å². The van der Waals surface area contributed by atoms with Crippen LogP contribution in [-0.4, -0.2) is 61.3 Å². The van der Waals surface area contributed by atoms with Gasteiger partial charge in [-0.05, 0) is 61.6 Å². The third-order valence-electron chi connectivity index (χ3n) is 7.20. The molecule has 0 atom stereocenters. The van der Waals surface area contributed by atoms with Crippen LogP contribution < -0.4 is 4.90 Å². The summed E-state index contributed by atoms with van der Waals surface area (Å²) in [4.78, 5) is 19.1. The molecule has 0 bridgehead atoms. The molecule has 1 aliphatic carbocycles. The summed E-state index contributed by atoms with van der Waals surface area (Å²) in [6.07, 6.45) is 5.48. The van der Waals surface area contributed by atoms with Crippen molar-refractivity contribution in [2.45, 2.75) is 44.2 Å². The lowest BCUT2D eigenvalue weighted by molar-refractivity contribution is 0.0260. The van der Waals surface area contributed by atoms with Crippen LogP contribution in [-0.2, 0) is 11.3 Å². The molecule has 3 aliphatic rings. The van der Waals surface area contributed by atoms with Gasteiger partial charge in [0.15, 0.2) is 0 Å². The molecule has 0 radical (unpaired) electrons. The van der Waals surface area contributed by atoms with Crippen molar-refractivity contribution in [1.82, 2.24) is 9.80 Å². The van der Waals surface area contributed by atoms with E-state index in [2.05, 4.69) is 65.4 Å². The highest BCUT2D eigenvalue weighted by molar-refractivity contribution is 5.71. The van der Waals surface area contributed by atoms with Gasteiger partial charge in [0.25, 0.3) is 0 Å². The maximum absolute atomic E-state index is 12.4. The van der Waals surface area contributed by atoms with Crippen LogP contribution in [0.25, 0.3) is 11.1 Å². The van der Waals surface area contributed by atoms with Crippen LogP contribution in [0.1, 0.15) is 37.7 Å². The van der Waals surface area contributed by atoms with Crippen LogP contribution >= 0.6 is 0 Å². The lowest BCUT2D eigenvalue weighted by atomic mass is 9.85. The SMILES string of the molecule is CN1CCN(c2ccc(-c3ccc(CN4CC5(CCCCC5)OC4=O)cc3)cc2)CC1. The summed E-state index contributed by atoms with van der Waals surface area (Å²) in [5.74, 6) is 0. The quantitative estimate of drug-likeness (QED) is 0.716. The molecular weight excluding hydrogens is 386 g/mol. The average molecular weight is 420 g/mol. The van der Waals surface area contributed by atoms with E-state index in [9.17, 15) is 4.79 Å². The Kier molecular flexibility index (Phi) is 5.61. The number of carbonyl (C=O) groups excluding carboxylic acids is 1. The number of hydrogen-bond donors (Lipinski definition) is 0. The molecule has 2 aromatic carbocycles. The molecule has 2 saturated heterocycles. The molecule has 0 N–H and O–H groups in total. The highest BCUT2D eigenvalue weighted by Gasteiger charge is 2.45. The third-order valence-corrected chi connectivity index (χ3v) is 7.20. The molecule has 31 heavy (non-hydrogen) atoms. The molecule has 5 rings (SSSR count). The van der Waals surface area contributed by atoms with E-state index < -0.39 is 0 Å². The van der Waals surface area contributed by atoms with Crippen molar-refractivity contribution in [3.8, 4) is 11.1 Å². The lowest BCUT2D eigenvalue weighted by Gasteiger charge is -2.34. The molecule has 3 fully saturated rings. The molecule has 5 heteroatoms. The third kappa shape index (κ3) is 4.42. The van der Waals surface area contributed by atoms with Gasteiger partial charge in [-0.15, -0.1) is 0 Å². The fourth-order valence-electron chi connectivity index (χ4n) is 5.22. The van der Waals surface area contributed by atoms with Gasteiger partial charge in [-0.3, -0.25) is 4.90 Å². The minimum absolute atomic E-state index is 0.148. The van der Waals surface area contributed by atoms with E-state index in [0.717, 1.165) is 51.1 Å². The molecule has 2 aromatic rings. The van der Waals surface area contributed by atoms with Crippen LogP contribution in [0, 0.1) is 0 Å². The Morgan fingerprint density at radius 3 is 2.10 bits per heavy atom. The van der Waals surface area contributed by atoms with Crippen molar-refractivity contribution in [3.05, 3.63) is 54.1 Å². The summed E-state index contributed by atoms with van der Waals surface area (Å²) >= 11 is 0. The smallest absolute Gasteiger partial charge is 0.410 e. The van der Waals surface area contributed by atoms with Crippen molar-refractivity contribution in [2.24, 2.45) is 0 Å². The fourth-order valence-corrected chi connectivity index (χ4v) is 5.22. The zero-order chi connectivity index (χ0) is 21.3. The van der Waals surface area contributed by atoms with Crippen LogP contribution in [0.5, 0.6) is 0 Å². The predicted octanol–water partition coefficient (Wildman–Crippen LogP) is 4.76. The molecule has 0 aromatic heterocycles. The molecule has 0 unspecified atom stereocenters. The van der Waals surface area contributed by atoms with E-state index in [0.29, 0.717) is 6.54 Å². The van der Waals surface area contributed by atoms with Gasteiger partial charge in [0.2, 0.25) is 0 Å². The number of hydrogen-bond acceptors (Lipinski definition) is 4. The number of rotatable bonds is 4. The first-order chi connectivity index (χ1) is 15.1. The normalized spacial score (nSPS) is 21.5. The fraction of sp³-hybridized carbons (Fsp3) is 0.500. The van der Waals surface area contributed by atoms with Gasteiger partial charge >= 0.3 is 6.09 Å². The Bertz CT molecular complexity index is 895. The largest absolute Gasteiger partial charge is 0.441 e. The van der Waals surface area contributed by atoms with Crippen molar-refractivity contribution in [2.75, 3.05) is 44.7 Å². The number of likely N-dealkylation sites (N-methyl/N-ethyl adjacent to an activating group) is 1. The number of piperazine rings is 1. The standard InChI is InChI=1S/C26H33N3O2/c1-27-15-17-28(18-16-27)24-11-9-23(10-12-24)22-7-5-21(6-8-22)19-29-20-26(31-25(29)30)13-3-2-4-14-26/h5-12H,2-4,13-20H2,1H3. The second-order valence-corrected chi connectivity index (χ2v) is 9.50. The molecule has 2 heterocycles. The van der Waals surface area contributed by atoms with Gasteiger partial charge < -0.3 is 14.5 Å². The number of ether oxygens (including phenoxy) is 1. The summed E-state index contributed by atoms with van der Waals surface area (Å²) in [7, 11) is 2.19. The number of anilines is 1. The minimum atomic E-state index is -0.221. The first-order valence-electron chi connectivity index (χ1n) is 11.7. The second-order valence-electron chi connectivity index (χ2n) is 9.50. The van der Waals surface area contributed by atoms with Crippen LogP contribution in [0.15, 0.2) is 48.5 Å². The van der Waals surface area contributed by atoms with Gasteiger partial charge in [0, 0.05) is 38.4 Å². The number of nitrogens with zero attached hydrogens (tertiary/aromatic N) is 3. The first kappa shape index (κ1) is 20.4. The summed E-state index contributed by atoms with van der Waals surface area (Å²) in [6.45, 7) is 5.78. The zero-order valence-electron chi connectivity index (χ0n) is 18.6. The summed E-state index contributed by atoms with van der Waals surface area (Å²) < 4.78 is 5.82. The van der Waals surface area contributed by atoms with Crippen molar-refractivity contribution < 1.29 is 9.53 Å². The van der Waals surface area contributed by atoms with E-state index in [1.807, 2.05) is 4.90 Å². The average Bonchev–Trinajstić information content (AvgIpc) is 3.09. The van der Waals surface area contributed by atoms with Gasteiger partial charge in [-0.2, -0.15) is 0 Å². The van der Waals surface area contributed by atoms with Gasteiger partial charge in [-0.1, -0.05) is 42.8 Å². The maximum Gasteiger partial charge on any atom is 0.410 e. The Hall–Kier alpha value is -2.53. The van der Waals surface area contributed by atoms with E-state index in [1.54, 1.807) is 0 Å². The Balaban J connectivity index is 1.21. The maximum atomic E-state index is 12.4. The number of carbonyl (C=O) groups is 1. The van der Waals surface area contributed by atoms with Gasteiger partial charge in [-0.25, -0.2) is 4.79 Å². The van der Waals surface area contributed by atoms with E-state index in [-0.39, 0.29) is 11.7 Å². The lowest BCUT2D eigenvalue weighted by Crippen LogP contribution is -2.44. The first-order valence-corrected chi connectivity index (χ1v) is 11.7. The minimum Gasteiger partial charge on any atom is -0.441 e. The number of benzene rings is 2. The molecule has 5 nitrogen and oxygen atoms in total. The van der Waals surface area contributed by atoms with Crippen molar-refractivity contribution >= 4 is 11.8 Å². The zero-order valence-corrected chi connectivity index (χ0v) is 18.6. The second kappa shape index (κ2) is 8.54. The molecule has 164 valence electrons. The number of amides is 1. The monoisotopic (exact) mass is 419 g/mol. The predicted molar refractivity (Wildman–Crippen MR) is 124 cm³/mol. The highest BCUT2D eigenvalue weighted by atomic mass is 16.6. The Morgan fingerprint density at radius 2 is 1.45 bits per heavy atom. The summed E-state index contributed by atoms with van der Waals surface area (Å²) in [5, 5.41) is 0.